The Morgan fingerprint density at radius 2 is 1.14 bits per heavy atom. The standard InChI is InChI=1S/C38H29NO4/c40-34(42-28-13-3-1-4-14-28)21-23-38(24-22-35(41)43-29-15-5-2-6-16-29)31-20-19-26-11-7-9-17-30(26)36(31)37-32(38)25-27-12-8-10-18-33(27)39-37/h1-20,25H,21-24H2. The van der Waals surface area contributed by atoms with E-state index in [1.165, 1.54) is 0 Å². The highest BCUT2D eigenvalue weighted by Crippen LogP contribution is 2.55. The molecule has 5 heteroatoms. The lowest BCUT2D eigenvalue weighted by Gasteiger charge is -2.32. The first kappa shape index (κ1) is 26.6. The monoisotopic (exact) mass is 563 g/mol. The van der Waals surface area contributed by atoms with E-state index in [1.54, 1.807) is 24.3 Å². The summed E-state index contributed by atoms with van der Waals surface area (Å²) in [7, 11) is 0. The van der Waals surface area contributed by atoms with Crippen molar-refractivity contribution in [2.24, 2.45) is 0 Å². The minimum Gasteiger partial charge on any atom is -0.427 e. The maximum atomic E-state index is 13.2. The van der Waals surface area contributed by atoms with Gasteiger partial charge in [0.15, 0.2) is 0 Å². The van der Waals surface area contributed by atoms with Crippen LogP contribution in [0.25, 0.3) is 32.9 Å². The highest BCUT2D eigenvalue weighted by molar-refractivity contribution is 6.03. The van der Waals surface area contributed by atoms with E-state index in [2.05, 4.69) is 36.4 Å². The molecule has 6 aromatic rings. The van der Waals surface area contributed by atoms with Gasteiger partial charge in [-0.05, 0) is 71.1 Å². The summed E-state index contributed by atoms with van der Waals surface area (Å²) in [6.45, 7) is 0. The summed E-state index contributed by atoms with van der Waals surface area (Å²) in [4.78, 5) is 31.6. The van der Waals surface area contributed by atoms with E-state index >= 15 is 0 Å². The fraction of sp³-hybridized carbons (Fsp3) is 0.132. The second kappa shape index (κ2) is 11.2. The summed E-state index contributed by atoms with van der Waals surface area (Å²) >= 11 is 0. The van der Waals surface area contributed by atoms with Gasteiger partial charge < -0.3 is 9.47 Å². The number of ether oxygens (including phenoxy) is 2. The number of rotatable bonds is 8. The number of aromatic nitrogens is 1. The topological polar surface area (TPSA) is 65.5 Å². The van der Waals surface area contributed by atoms with Crippen LogP contribution in [-0.4, -0.2) is 16.9 Å². The molecule has 0 spiro atoms. The third kappa shape index (κ3) is 5.04. The number of fused-ring (bicyclic) bond motifs is 6. The average molecular weight is 564 g/mol. The van der Waals surface area contributed by atoms with Crippen molar-refractivity contribution in [1.82, 2.24) is 4.98 Å². The highest BCUT2D eigenvalue weighted by Gasteiger charge is 2.45. The van der Waals surface area contributed by atoms with Crippen LogP contribution >= 0.6 is 0 Å². The molecular formula is C38H29NO4. The third-order valence-corrected chi connectivity index (χ3v) is 8.38. The van der Waals surface area contributed by atoms with Crippen LogP contribution in [0.1, 0.15) is 36.8 Å². The molecule has 1 heterocycles. The molecular weight excluding hydrogens is 534 g/mol. The molecule has 1 aliphatic rings. The van der Waals surface area contributed by atoms with Crippen molar-refractivity contribution < 1.29 is 19.1 Å². The number of para-hydroxylation sites is 3. The molecule has 0 amide bonds. The van der Waals surface area contributed by atoms with Gasteiger partial charge in [-0.25, -0.2) is 4.98 Å². The maximum Gasteiger partial charge on any atom is 0.311 e. The van der Waals surface area contributed by atoms with Gasteiger partial charge in [-0.1, -0.05) is 91.0 Å². The summed E-state index contributed by atoms with van der Waals surface area (Å²) in [5.74, 6) is 0.390. The summed E-state index contributed by atoms with van der Waals surface area (Å²) in [6.07, 6.45) is 1.24. The normalized spacial score (nSPS) is 12.9. The molecule has 5 aromatic carbocycles. The van der Waals surface area contributed by atoms with Gasteiger partial charge in [-0.2, -0.15) is 0 Å². The van der Waals surface area contributed by atoms with Crippen molar-refractivity contribution in [2.45, 2.75) is 31.1 Å². The largest absolute Gasteiger partial charge is 0.427 e. The molecule has 0 N–H and O–H groups in total. The molecule has 0 atom stereocenters. The van der Waals surface area contributed by atoms with E-state index in [0.717, 1.165) is 44.1 Å². The number of hydrogen-bond donors (Lipinski definition) is 0. The first-order valence-corrected chi connectivity index (χ1v) is 14.6. The Balaban J connectivity index is 1.33. The lowest BCUT2D eigenvalue weighted by atomic mass is 9.71. The Morgan fingerprint density at radius 1 is 0.581 bits per heavy atom. The van der Waals surface area contributed by atoms with Gasteiger partial charge in [-0.15, -0.1) is 0 Å². The van der Waals surface area contributed by atoms with Crippen LogP contribution in [0.5, 0.6) is 11.5 Å². The fourth-order valence-electron chi connectivity index (χ4n) is 6.38. The Hall–Kier alpha value is -5.29. The van der Waals surface area contributed by atoms with E-state index in [9.17, 15) is 9.59 Å². The Bertz CT molecular complexity index is 1910. The van der Waals surface area contributed by atoms with Crippen LogP contribution in [0.3, 0.4) is 0 Å². The first-order valence-electron chi connectivity index (χ1n) is 14.6. The van der Waals surface area contributed by atoms with E-state index in [4.69, 9.17) is 14.5 Å². The zero-order valence-electron chi connectivity index (χ0n) is 23.5. The van der Waals surface area contributed by atoms with Gasteiger partial charge in [-0.3, -0.25) is 9.59 Å². The fourth-order valence-corrected chi connectivity index (χ4v) is 6.38. The molecule has 0 aliphatic heterocycles. The van der Waals surface area contributed by atoms with Crippen molar-refractivity contribution in [1.29, 1.82) is 0 Å². The summed E-state index contributed by atoms with van der Waals surface area (Å²) in [5, 5.41) is 3.23. The van der Waals surface area contributed by atoms with Crippen molar-refractivity contribution in [3.8, 4) is 22.8 Å². The molecule has 0 fully saturated rings. The number of benzene rings is 5. The molecule has 210 valence electrons. The van der Waals surface area contributed by atoms with Gasteiger partial charge in [0.2, 0.25) is 0 Å². The zero-order valence-corrected chi connectivity index (χ0v) is 23.5. The lowest BCUT2D eigenvalue weighted by Crippen LogP contribution is -2.29. The van der Waals surface area contributed by atoms with Gasteiger partial charge >= 0.3 is 11.9 Å². The molecule has 1 aliphatic carbocycles. The lowest BCUT2D eigenvalue weighted by molar-refractivity contribution is -0.134. The summed E-state index contributed by atoms with van der Waals surface area (Å²) in [5.41, 5.74) is 4.31. The van der Waals surface area contributed by atoms with E-state index in [1.807, 2.05) is 66.7 Å². The number of pyridine rings is 1. The van der Waals surface area contributed by atoms with Crippen molar-refractivity contribution >= 4 is 33.6 Å². The van der Waals surface area contributed by atoms with Crippen LogP contribution in [0.15, 0.2) is 127 Å². The first-order chi connectivity index (χ1) is 21.1. The van der Waals surface area contributed by atoms with E-state index in [-0.39, 0.29) is 24.8 Å². The van der Waals surface area contributed by atoms with Crippen LogP contribution < -0.4 is 9.47 Å². The Labute approximate surface area is 249 Å². The number of hydrogen-bond acceptors (Lipinski definition) is 5. The molecule has 0 saturated carbocycles. The average Bonchev–Trinajstić information content (AvgIpc) is 3.31. The van der Waals surface area contributed by atoms with Gasteiger partial charge in [0.1, 0.15) is 11.5 Å². The molecule has 0 radical (unpaired) electrons. The zero-order chi connectivity index (χ0) is 29.2. The molecule has 43 heavy (non-hydrogen) atoms. The number of carbonyl (C=O) groups is 2. The van der Waals surface area contributed by atoms with Gasteiger partial charge in [0, 0.05) is 29.2 Å². The van der Waals surface area contributed by atoms with E-state index < -0.39 is 5.41 Å². The van der Waals surface area contributed by atoms with Crippen LogP contribution in [-0.2, 0) is 15.0 Å². The number of esters is 2. The van der Waals surface area contributed by atoms with Gasteiger partial charge in [0.25, 0.3) is 0 Å². The minimum atomic E-state index is -0.656. The number of nitrogens with zero attached hydrogens (tertiary/aromatic N) is 1. The number of carbonyl (C=O) groups excluding carboxylic acids is 2. The highest BCUT2D eigenvalue weighted by atomic mass is 16.5. The predicted molar refractivity (Wildman–Crippen MR) is 168 cm³/mol. The quantitative estimate of drug-likeness (QED) is 0.137. The van der Waals surface area contributed by atoms with Crippen molar-refractivity contribution in [3.05, 3.63) is 139 Å². The molecule has 5 nitrogen and oxygen atoms in total. The van der Waals surface area contributed by atoms with Crippen LogP contribution in [0.2, 0.25) is 0 Å². The molecule has 1 aromatic heterocycles. The van der Waals surface area contributed by atoms with Gasteiger partial charge in [0.05, 0.1) is 11.2 Å². The molecule has 0 saturated heterocycles. The molecule has 0 bridgehead atoms. The smallest absolute Gasteiger partial charge is 0.311 e. The third-order valence-electron chi connectivity index (χ3n) is 8.38. The second-order valence-corrected chi connectivity index (χ2v) is 10.9. The summed E-state index contributed by atoms with van der Waals surface area (Å²) in [6, 6.07) is 41.1. The Morgan fingerprint density at radius 3 is 1.79 bits per heavy atom. The minimum absolute atomic E-state index is 0.168. The molecule has 0 unspecified atom stereocenters. The van der Waals surface area contributed by atoms with Crippen molar-refractivity contribution in [3.63, 3.8) is 0 Å². The van der Waals surface area contributed by atoms with Crippen LogP contribution in [0.4, 0.5) is 0 Å². The predicted octanol–water partition coefficient (Wildman–Crippen LogP) is 8.43. The van der Waals surface area contributed by atoms with Crippen molar-refractivity contribution in [2.75, 3.05) is 0 Å². The SMILES string of the molecule is O=C(CCC1(CCC(=O)Oc2ccccc2)c2cc3ccccc3nc2-c2c1ccc1ccccc21)Oc1ccccc1. The summed E-state index contributed by atoms with van der Waals surface area (Å²) < 4.78 is 11.4. The second-order valence-electron chi connectivity index (χ2n) is 10.9. The Kier molecular flexibility index (Phi) is 6.92. The maximum absolute atomic E-state index is 13.2. The molecule has 7 rings (SSSR count). The van der Waals surface area contributed by atoms with E-state index in [0.29, 0.717) is 24.3 Å². The van der Waals surface area contributed by atoms with Crippen LogP contribution in [0, 0.1) is 0 Å².